The second kappa shape index (κ2) is 11.4. The summed E-state index contributed by atoms with van der Waals surface area (Å²) in [7, 11) is 0. The van der Waals surface area contributed by atoms with Gasteiger partial charge in [-0.05, 0) is 43.6 Å². The zero-order chi connectivity index (χ0) is 24.0. The molecule has 180 valence electrons. The number of benzene rings is 1. The number of nitrogens with zero attached hydrogens (tertiary/aromatic N) is 1. The van der Waals surface area contributed by atoms with Crippen molar-refractivity contribution in [3.63, 3.8) is 0 Å². The van der Waals surface area contributed by atoms with Gasteiger partial charge in [0.05, 0.1) is 18.1 Å². The molecule has 0 aromatic heterocycles. The predicted octanol–water partition coefficient (Wildman–Crippen LogP) is 0.0830. The van der Waals surface area contributed by atoms with Crippen molar-refractivity contribution in [1.82, 2.24) is 20.9 Å². The van der Waals surface area contributed by atoms with E-state index in [2.05, 4.69) is 16.0 Å². The number of likely N-dealkylation sites (tertiary alicyclic amines) is 1. The molecular weight excluding hydrogens is 422 g/mol. The lowest BCUT2D eigenvalue weighted by Crippen LogP contribution is -2.59. The van der Waals surface area contributed by atoms with Crippen molar-refractivity contribution in [3.8, 4) is 0 Å². The number of rotatable bonds is 8. The highest BCUT2D eigenvalue weighted by atomic mass is 16.2. The van der Waals surface area contributed by atoms with Crippen LogP contribution in [0.1, 0.15) is 45.1 Å². The molecule has 33 heavy (non-hydrogen) atoms. The maximum Gasteiger partial charge on any atom is 0.249 e. The van der Waals surface area contributed by atoms with Crippen molar-refractivity contribution in [3.05, 3.63) is 35.9 Å². The van der Waals surface area contributed by atoms with E-state index in [1.54, 1.807) is 0 Å². The summed E-state index contributed by atoms with van der Waals surface area (Å²) in [6.45, 7) is 4.78. The fourth-order valence-corrected chi connectivity index (χ4v) is 4.47. The highest BCUT2D eigenvalue weighted by Gasteiger charge is 2.38. The summed E-state index contributed by atoms with van der Waals surface area (Å²) in [4.78, 5) is 52.4. The lowest BCUT2D eigenvalue weighted by atomic mass is 9.99. The highest BCUT2D eigenvalue weighted by molar-refractivity contribution is 6.02. The first-order valence-electron chi connectivity index (χ1n) is 11.8. The third kappa shape index (κ3) is 6.39. The van der Waals surface area contributed by atoms with Gasteiger partial charge in [-0.15, -0.1) is 0 Å². The Bertz CT molecular complexity index is 860. The molecule has 9 nitrogen and oxygen atoms in total. The molecule has 0 bridgehead atoms. The second-order valence-corrected chi connectivity index (χ2v) is 9.21. The van der Waals surface area contributed by atoms with Crippen LogP contribution in [0.3, 0.4) is 0 Å². The Morgan fingerprint density at radius 1 is 1.15 bits per heavy atom. The molecule has 2 heterocycles. The van der Waals surface area contributed by atoms with Crippen molar-refractivity contribution in [1.29, 1.82) is 0 Å². The molecule has 1 aromatic rings. The highest BCUT2D eigenvalue weighted by Crippen LogP contribution is 2.19. The summed E-state index contributed by atoms with van der Waals surface area (Å²) in [5.74, 6) is -1.54. The SMILES string of the molecule is CC(C)C(NC1CCCNC1=O)C(=O)NC(=O)C1CCCN1C(=O)C(N)Cc1ccccc1. The van der Waals surface area contributed by atoms with Gasteiger partial charge < -0.3 is 16.0 Å². The molecule has 4 unspecified atom stereocenters. The van der Waals surface area contributed by atoms with Crippen molar-refractivity contribution < 1.29 is 19.2 Å². The van der Waals surface area contributed by atoms with Crippen LogP contribution in [0.4, 0.5) is 0 Å². The Kier molecular flexibility index (Phi) is 8.57. The lowest BCUT2D eigenvalue weighted by Gasteiger charge is -2.30. The molecule has 2 aliphatic rings. The predicted molar refractivity (Wildman–Crippen MR) is 124 cm³/mol. The zero-order valence-electron chi connectivity index (χ0n) is 19.4. The monoisotopic (exact) mass is 457 g/mol. The van der Waals surface area contributed by atoms with Crippen molar-refractivity contribution in [2.24, 2.45) is 11.7 Å². The minimum Gasteiger partial charge on any atom is -0.355 e. The fraction of sp³-hybridized carbons (Fsp3) is 0.583. The van der Waals surface area contributed by atoms with Gasteiger partial charge in [-0.1, -0.05) is 44.2 Å². The number of piperidine rings is 1. The summed E-state index contributed by atoms with van der Waals surface area (Å²) in [5, 5.41) is 8.37. The van der Waals surface area contributed by atoms with Crippen molar-refractivity contribution in [2.75, 3.05) is 13.1 Å². The molecule has 2 fully saturated rings. The number of hydrogen-bond donors (Lipinski definition) is 4. The Labute approximate surface area is 194 Å². The molecule has 0 saturated carbocycles. The Morgan fingerprint density at radius 2 is 1.88 bits per heavy atom. The zero-order valence-corrected chi connectivity index (χ0v) is 19.4. The van der Waals surface area contributed by atoms with Crippen LogP contribution >= 0.6 is 0 Å². The van der Waals surface area contributed by atoms with Gasteiger partial charge in [-0.25, -0.2) is 0 Å². The maximum absolute atomic E-state index is 13.0. The molecule has 9 heteroatoms. The average molecular weight is 458 g/mol. The number of amides is 4. The van der Waals surface area contributed by atoms with E-state index in [1.165, 1.54) is 4.90 Å². The van der Waals surface area contributed by atoms with Crippen LogP contribution in [0.15, 0.2) is 30.3 Å². The van der Waals surface area contributed by atoms with Crippen LogP contribution in [0.2, 0.25) is 0 Å². The maximum atomic E-state index is 13.0. The largest absolute Gasteiger partial charge is 0.355 e. The molecule has 4 atom stereocenters. The number of nitrogens with two attached hydrogens (primary N) is 1. The van der Waals surface area contributed by atoms with Crippen LogP contribution in [-0.2, 0) is 25.6 Å². The van der Waals surface area contributed by atoms with E-state index in [0.717, 1.165) is 12.0 Å². The summed E-state index contributed by atoms with van der Waals surface area (Å²) in [6, 6.07) is 6.84. The average Bonchev–Trinajstić information content (AvgIpc) is 3.28. The number of hydrogen-bond acceptors (Lipinski definition) is 6. The molecule has 0 aliphatic carbocycles. The van der Waals surface area contributed by atoms with Gasteiger partial charge in [0.2, 0.25) is 23.6 Å². The molecule has 0 radical (unpaired) electrons. The number of carbonyl (C=O) groups excluding carboxylic acids is 4. The Hall–Kier alpha value is -2.78. The van der Waals surface area contributed by atoms with E-state index in [1.807, 2.05) is 44.2 Å². The topological polar surface area (TPSA) is 134 Å². The minimum atomic E-state index is -0.758. The van der Waals surface area contributed by atoms with Gasteiger partial charge in [0.15, 0.2) is 0 Å². The minimum absolute atomic E-state index is 0.131. The van der Waals surface area contributed by atoms with E-state index in [-0.39, 0.29) is 17.7 Å². The molecule has 2 saturated heterocycles. The van der Waals surface area contributed by atoms with E-state index >= 15 is 0 Å². The van der Waals surface area contributed by atoms with E-state index in [0.29, 0.717) is 38.8 Å². The molecule has 3 rings (SSSR count). The van der Waals surface area contributed by atoms with Crippen LogP contribution in [0.25, 0.3) is 0 Å². The Morgan fingerprint density at radius 3 is 2.55 bits per heavy atom. The van der Waals surface area contributed by atoms with Gasteiger partial charge in [-0.3, -0.25) is 29.8 Å². The Balaban J connectivity index is 1.60. The lowest BCUT2D eigenvalue weighted by molar-refractivity contribution is -0.142. The van der Waals surface area contributed by atoms with Crippen LogP contribution in [0, 0.1) is 5.92 Å². The first kappa shape index (κ1) is 24.9. The third-order valence-corrected chi connectivity index (χ3v) is 6.32. The van der Waals surface area contributed by atoms with E-state index < -0.39 is 36.0 Å². The van der Waals surface area contributed by atoms with Gasteiger partial charge in [0, 0.05) is 13.1 Å². The van der Waals surface area contributed by atoms with Gasteiger partial charge in [0.25, 0.3) is 0 Å². The van der Waals surface area contributed by atoms with Crippen molar-refractivity contribution >= 4 is 23.6 Å². The number of carbonyl (C=O) groups is 4. The van der Waals surface area contributed by atoms with Crippen LogP contribution in [0.5, 0.6) is 0 Å². The second-order valence-electron chi connectivity index (χ2n) is 9.21. The summed E-state index contributed by atoms with van der Waals surface area (Å²) < 4.78 is 0. The standard InChI is InChI=1S/C24H35N5O4/c1-15(2)20(27-18-10-6-12-26-21(18)30)23(32)28-22(31)19-11-7-13-29(19)24(33)17(25)14-16-8-4-3-5-9-16/h3-5,8-9,15,17-20,27H,6-7,10-14,25H2,1-2H3,(H,26,30)(H,28,31,32). The fourth-order valence-electron chi connectivity index (χ4n) is 4.47. The first-order chi connectivity index (χ1) is 15.8. The van der Waals surface area contributed by atoms with E-state index in [9.17, 15) is 19.2 Å². The number of nitrogens with one attached hydrogen (secondary N) is 3. The molecule has 2 aliphatic heterocycles. The van der Waals surface area contributed by atoms with Gasteiger partial charge >= 0.3 is 0 Å². The number of imide groups is 1. The first-order valence-corrected chi connectivity index (χ1v) is 11.8. The quantitative estimate of drug-likeness (QED) is 0.437. The summed E-state index contributed by atoms with van der Waals surface area (Å²) in [5.41, 5.74) is 7.11. The smallest absolute Gasteiger partial charge is 0.249 e. The van der Waals surface area contributed by atoms with Gasteiger partial charge in [0.1, 0.15) is 6.04 Å². The summed E-state index contributed by atoms with van der Waals surface area (Å²) >= 11 is 0. The summed E-state index contributed by atoms with van der Waals surface area (Å²) in [6.07, 6.45) is 3.00. The normalized spacial score (nSPS) is 22.5. The van der Waals surface area contributed by atoms with Crippen LogP contribution in [-0.4, -0.2) is 65.8 Å². The van der Waals surface area contributed by atoms with Gasteiger partial charge in [-0.2, -0.15) is 0 Å². The molecule has 4 amide bonds. The third-order valence-electron chi connectivity index (χ3n) is 6.32. The molecule has 5 N–H and O–H groups in total. The molecule has 1 aromatic carbocycles. The van der Waals surface area contributed by atoms with Crippen LogP contribution < -0.4 is 21.7 Å². The van der Waals surface area contributed by atoms with E-state index in [4.69, 9.17) is 5.73 Å². The molecular formula is C24H35N5O4. The molecule has 0 spiro atoms. The van der Waals surface area contributed by atoms with Crippen molar-refractivity contribution in [2.45, 2.75) is 70.1 Å².